The number of aliphatic hydroxyl groups excluding tert-OH is 2. The Kier molecular flexibility index (Phi) is 7.91. The molecule has 2 aromatic rings. The second-order valence-electron chi connectivity index (χ2n) is 10.2. The molecule has 3 aliphatic rings. The van der Waals surface area contributed by atoms with E-state index in [0.29, 0.717) is 6.29 Å². The Hall–Kier alpha value is -3.23. The van der Waals surface area contributed by atoms with Crippen LogP contribution in [0.15, 0.2) is 18.2 Å². The summed E-state index contributed by atoms with van der Waals surface area (Å²) < 4.78 is 11.7. The third kappa shape index (κ3) is 4.41. The first-order chi connectivity index (χ1) is 18.4. The van der Waals surface area contributed by atoms with E-state index < -0.39 is 95.7 Å². The molecule has 0 amide bonds. The molecule has 1 saturated heterocycles. The minimum Gasteiger partial charge on any atom is -0.507 e. The third-order valence-electron chi connectivity index (χ3n) is 7.78. The van der Waals surface area contributed by atoms with Crippen molar-refractivity contribution < 1.29 is 54.2 Å². The zero-order valence-electron chi connectivity index (χ0n) is 21.2. The van der Waals surface area contributed by atoms with Crippen LogP contribution < -0.4 is 5.73 Å². The number of halogens is 1. The van der Waals surface area contributed by atoms with Crippen LogP contribution in [0.3, 0.4) is 0 Å². The Morgan fingerprint density at radius 2 is 1.85 bits per heavy atom. The maximum Gasteiger partial charge on any atom is 0.199 e. The molecule has 2 aliphatic carbocycles. The SMILES string of the molecule is CC1O[C@@H](O[C@H]2C[C@](O)(C(=O)CO)Cc3c(O)c4c(c(O)c32)C(=O)c2c(C=O)cccc2C4=O)C[C@@H](N)[C@@H]1O.Cl. The summed E-state index contributed by atoms with van der Waals surface area (Å²) in [6.45, 7) is 0.524. The number of aliphatic hydroxyl groups is 3. The van der Waals surface area contributed by atoms with E-state index in [1.54, 1.807) is 6.92 Å². The van der Waals surface area contributed by atoms with Crippen LogP contribution in [0.1, 0.15) is 79.2 Å². The van der Waals surface area contributed by atoms with E-state index in [4.69, 9.17) is 15.2 Å². The second-order valence-corrected chi connectivity index (χ2v) is 10.2. The highest BCUT2D eigenvalue weighted by Crippen LogP contribution is 2.52. The summed E-state index contributed by atoms with van der Waals surface area (Å²) >= 11 is 0. The Morgan fingerprint density at radius 1 is 1.18 bits per heavy atom. The lowest BCUT2D eigenvalue weighted by molar-refractivity contribution is -0.247. The number of rotatable bonds is 5. The van der Waals surface area contributed by atoms with Gasteiger partial charge in [-0.3, -0.25) is 19.2 Å². The number of phenols is 2. The monoisotopic (exact) mass is 577 g/mol. The molecule has 1 aliphatic heterocycles. The Morgan fingerprint density at radius 3 is 2.48 bits per heavy atom. The molecule has 6 atom stereocenters. The molecule has 1 unspecified atom stereocenters. The number of phenolic OH excluding ortho intramolecular Hbond substituents is 2. The van der Waals surface area contributed by atoms with Crippen LogP contribution in [-0.4, -0.2) is 85.9 Å². The Bertz CT molecular complexity index is 1410. The first kappa shape index (κ1) is 29.7. The van der Waals surface area contributed by atoms with E-state index in [0.717, 1.165) is 0 Å². The van der Waals surface area contributed by atoms with E-state index in [-0.39, 0.29) is 46.6 Å². The van der Waals surface area contributed by atoms with Crippen molar-refractivity contribution in [1.82, 2.24) is 0 Å². The summed E-state index contributed by atoms with van der Waals surface area (Å²) in [5, 5.41) is 53.6. The molecular formula is C27H28ClNO11. The van der Waals surface area contributed by atoms with Gasteiger partial charge in [0, 0.05) is 53.1 Å². The van der Waals surface area contributed by atoms with Gasteiger partial charge in [0.15, 0.2) is 29.9 Å². The molecule has 13 heteroatoms. The maximum atomic E-state index is 13.6. The summed E-state index contributed by atoms with van der Waals surface area (Å²) in [6, 6.07) is 3.29. The lowest BCUT2D eigenvalue weighted by Crippen LogP contribution is -2.53. The summed E-state index contributed by atoms with van der Waals surface area (Å²) in [5.41, 5.74) is 1.77. The fourth-order valence-corrected chi connectivity index (χ4v) is 5.74. The van der Waals surface area contributed by atoms with E-state index in [9.17, 15) is 44.7 Å². The van der Waals surface area contributed by atoms with Gasteiger partial charge in [-0.05, 0) is 6.92 Å². The molecule has 40 heavy (non-hydrogen) atoms. The zero-order valence-corrected chi connectivity index (χ0v) is 22.0. The summed E-state index contributed by atoms with van der Waals surface area (Å²) in [7, 11) is 0. The Labute approximate surface area is 233 Å². The molecule has 2 aromatic carbocycles. The van der Waals surface area contributed by atoms with Crippen LogP contribution in [0.5, 0.6) is 11.5 Å². The number of ether oxygens (including phenoxy) is 2. The van der Waals surface area contributed by atoms with E-state index in [1.165, 1.54) is 18.2 Å². The largest absolute Gasteiger partial charge is 0.507 e. The van der Waals surface area contributed by atoms with E-state index in [1.807, 2.05) is 0 Å². The minimum absolute atomic E-state index is 0. The smallest absolute Gasteiger partial charge is 0.199 e. The lowest BCUT2D eigenvalue weighted by Gasteiger charge is -2.42. The molecule has 1 heterocycles. The highest BCUT2D eigenvalue weighted by Gasteiger charge is 2.50. The standard InChI is InChI=1S/C27H27NO11.ClH/c1-10-22(32)14(28)5-17(38-10)39-15-7-27(37,16(31)9-30)6-13-19(15)26(36)21-20(24(13)34)23(33)12-4-2-3-11(8-29)18(12)25(21)35;/h2-4,8,10,14-15,17,22,30,32,34,36-37H,5-7,9,28H2,1H3;1H/t10?,14-,15+,17+,22-,27+;/m1./s1. The first-order valence-corrected chi connectivity index (χ1v) is 12.3. The van der Waals surface area contributed by atoms with E-state index in [2.05, 4.69) is 0 Å². The van der Waals surface area contributed by atoms with Crippen molar-refractivity contribution in [3.8, 4) is 11.5 Å². The van der Waals surface area contributed by atoms with Crippen LogP contribution in [0, 0.1) is 0 Å². The number of nitrogens with two attached hydrogens (primary N) is 1. The van der Waals surface area contributed by atoms with Gasteiger partial charge < -0.3 is 40.7 Å². The fourth-order valence-electron chi connectivity index (χ4n) is 5.74. The number of hydrogen-bond acceptors (Lipinski definition) is 12. The first-order valence-electron chi connectivity index (χ1n) is 12.3. The maximum absolute atomic E-state index is 13.6. The third-order valence-corrected chi connectivity index (χ3v) is 7.78. The van der Waals surface area contributed by atoms with Crippen molar-refractivity contribution in [2.24, 2.45) is 5.73 Å². The number of hydrogen-bond donors (Lipinski definition) is 6. The minimum atomic E-state index is -2.27. The summed E-state index contributed by atoms with van der Waals surface area (Å²) in [6.07, 6.45) is -4.91. The van der Waals surface area contributed by atoms with Crippen LogP contribution in [-0.2, 0) is 20.7 Å². The van der Waals surface area contributed by atoms with Crippen molar-refractivity contribution in [2.75, 3.05) is 6.61 Å². The van der Waals surface area contributed by atoms with Crippen molar-refractivity contribution in [3.63, 3.8) is 0 Å². The number of fused-ring (bicyclic) bond motifs is 3. The molecule has 12 nitrogen and oxygen atoms in total. The van der Waals surface area contributed by atoms with Gasteiger partial charge in [0.05, 0.1) is 29.4 Å². The zero-order chi connectivity index (χ0) is 28.4. The van der Waals surface area contributed by atoms with Gasteiger partial charge in [-0.25, -0.2) is 0 Å². The Balaban J connectivity index is 0.00000370. The number of Topliss-reactive ketones (excluding diaryl/α,β-unsaturated/α-hetero) is 1. The predicted molar refractivity (Wildman–Crippen MR) is 138 cm³/mol. The van der Waals surface area contributed by atoms with E-state index >= 15 is 0 Å². The number of aldehydes is 1. The average Bonchev–Trinajstić information content (AvgIpc) is 2.90. The van der Waals surface area contributed by atoms with Crippen molar-refractivity contribution >= 4 is 36.0 Å². The van der Waals surface area contributed by atoms with Crippen molar-refractivity contribution in [1.29, 1.82) is 0 Å². The van der Waals surface area contributed by atoms with Gasteiger partial charge in [0.25, 0.3) is 0 Å². The van der Waals surface area contributed by atoms with Gasteiger partial charge in [0.1, 0.15) is 23.7 Å². The molecule has 1 fully saturated rings. The predicted octanol–water partition coefficient (Wildman–Crippen LogP) is 0.227. The van der Waals surface area contributed by atoms with Gasteiger partial charge in [-0.15, -0.1) is 12.4 Å². The van der Waals surface area contributed by atoms with Crippen LogP contribution in [0.4, 0.5) is 0 Å². The quantitative estimate of drug-likeness (QED) is 0.177. The normalized spacial score (nSPS) is 29.1. The van der Waals surface area contributed by atoms with Crippen LogP contribution in [0.2, 0.25) is 0 Å². The summed E-state index contributed by atoms with van der Waals surface area (Å²) in [5.74, 6) is -4.19. The van der Waals surface area contributed by atoms with Gasteiger partial charge in [-0.2, -0.15) is 0 Å². The molecule has 0 saturated carbocycles. The molecule has 0 spiro atoms. The number of aromatic hydroxyl groups is 2. The number of carbonyl (C=O) groups is 4. The molecule has 214 valence electrons. The number of benzene rings is 2. The highest BCUT2D eigenvalue weighted by atomic mass is 35.5. The van der Waals surface area contributed by atoms with Crippen LogP contribution in [0.25, 0.3) is 0 Å². The van der Waals surface area contributed by atoms with Gasteiger partial charge >= 0.3 is 0 Å². The van der Waals surface area contributed by atoms with Crippen LogP contribution >= 0.6 is 12.4 Å². The summed E-state index contributed by atoms with van der Waals surface area (Å²) in [4.78, 5) is 51.2. The lowest BCUT2D eigenvalue weighted by atomic mass is 9.71. The highest BCUT2D eigenvalue weighted by molar-refractivity contribution is 6.32. The molecule has 0 bridgehead atoms. The number of ketones is 3. The number of carbonyl (C=O) groups excluding carboxylic acids is 4. The topological polar surface area (TPSA) is 214 Å². The molecular weight excluding hydrogens is 550 g/mol. The van der Waals surface area contributed by atoms with Gasteiger partial charge in [0.2, 0.25) is 0 Å². The molecule has 0 radical (unpaired) electrons. The molecule has 5 rings (SSSR count). The second kappa shape index (κ2) is 10.6. The average molecular weight is 578 g/mol. The van der Waals surface area contributed by atoms with Crippen molar-refractivity contribution in [2.45, 2.75) is 62.4 Å². The van der Waals surface area contributed by atoms with Gasteiger partial charge in [-0.1, -0.05) is 18.2 Å². The molecule has 0 aromatic heterocycles. The van der Waals surface area contributed by atoms with Crippen molar-refractivity contribution in [3.05, 3.63) is 57.1 Å². The molecule has 7 N–H and O–H groups in total. The fraction of sp³-hybridized carbons (Fsp3) is 0.407.